The van der Waals surface area contributed by atoms with Gasteiger partial charge in [0, 0.05) is 6.54 Å². The Hall–Kier alpha value is -1.75. The van der Waals surface area contributed by atoms with Gasteiger partial charge in [-0.1, -0.05) is 6.07 Å². The SMILES string of the molecule is CCOc1cc(CC(CN)C(=O)O)ccc1O. The summed E-state index contributed by atoms with van der Waals surface area (Å²) in [6.45, 7) is 2.34. The molecule has 0 aliphatic heterocycles. The van der Waals surface area contributed by atoms with Gasteiger partial charge in [0.25, 0.3) is 0 Å². The fourth-order valence-electron chi connectivity index (χ4n) is 1.51. The third kappa shape index (κ3) is 3.64. The number of hydrogen-bond acceptors (Lipinski definition) is 4. The molecule has 1 aromatic rings. The summed E-state index contributed by atoms with van der Waals surface area (Å²) < 4.78 is 5.22. The van der Waals surface area contributed by atoms with Crippen LogP contribution in [0.2, 0.25) is 0 Å². The first-order valence-corrected chi connectivity index (χ1v) is 5.46. The largest absolute Gasteiger partial charge is 0.504 e. The van der Waals surface area contributed by atoms with E-state index in [1.165, 1.54) is 6.07 Å². The lowest BCUT2D eigenvalue weighted by Gasteiger charge is -2.12. The van der Waals surface area contributed by atoms with Crippen LogP contribution in [0.4, 0.5) is 0 Å². The molecule has 0 radical (unpaired) electrons. The highest BCUT2D eigenvalue weighted by Crippen LogP contribution is 2.27. The van der Waals surface area contributed by atoms with E-state index in [9.17, 15) is 9.90 Å². The molecule has 4 N–H and O–H groups in total. The van der Waals surface area contributed by atoms with Crippen LogP contribution in [0.3, 0.4) is 0 Å². The minimum atomic E-state index is -0.918. The molecule has 1 unspecified atom stereocenters. The van der Waals surface area contributed by atoms with Gasteiger partial charge in [-0.05, 0) is 31.0 Å². The van der Waals surface area contributed by atoms with Gasteiger partial charge >= 0.3 is 5.97 Å². The topological polar surface area (TPSA) is 92.8 Å². The number of hydrogen-bond donors (Lipinski definition) is 3. The highest BCUT2D eigenvalue weighted by molar-refractivity contribution is 5.70. The zero-order valence-electron chi connectivity index (χ0n) is 9.72. The highest BCUT2D eigenvalue weighted by atomic mass is 16.5. The number of phenolic OH excluding ortho intramolecular Hbond substituents is 1. The molecule has 1 aromatic carbocycles. The van der Waals surface area contributed by atoms with E-state index in [1.54, 1.807) is 12.1 Å². The average molecular weight is 239 g/mol. The van der Waals surface area contributed by atoms with Crippen LogP contribution in [0.5, 0.6) is 11.5 Å². The van der Waals surface area contributed by atoms with Crippen molar-refractivity contribution < 1.29 is 19.7 Å². The molecular formula is C12H17NO4. The second-order valence-electron chi connectivity index (χ2n) is 3.71. The number of nitrogens with two attached hydrogens (primary N) is 1. The van der Waals surface area contributed by atoms with Gasteiger partial charge in [0.15, 0.2) is 11.5 Å². The lowest BCUT2D eigenvalue weighted by Crippen LogP contribution is -2.25. The fourth-order valence-corrected chi connectivity index (χ4v) is 1.51. The molecule has 0 spiro atoms. The molecule has 0 saturated heterocycles. The molecule has 0 aliphatic rings. The van der Waals surface area contributed by atoms with Crippen LogP contribution in [0.25, 0.3) is 0 Å². The molecule has 0 aromatic heterocycles. The van der Waals surface area contributed by atoms with E-state index in [1.807, 2.05) is 6.92 Å². The maximum Gasteiger partial charge on any atom is 0.308 e. The molecule has 1 atom stereocenters. The van der Waals surface area contributed by atoms with E-state index in [4.69, 9.17) is 15.6 Å². The van der Waals surface area contributed by atoms with Crippen LogP contribution in [-0.2, 0) is 11.2 Å². The molecule has 0 saturated carbocycles. The first-order chi connectivity index (χ1) is 8.08. The summed E-state index contributed by atoms with van der Waals surface area (Å²) in [7, 11) is 0. The Labute approximate surface area is 99.8 Å². The van der Waals surface area contributed by atoms with Gasteiger partial charge in [0.1, 0.15) is 0 Å². The van der Waals surface area contributed by atoms with Crippen LogP contribution in [0.1, 0.15) is 12.5 Å². The number of carboxylic acids is 1. The molecule has 17 heavy (non-hydrogen) atoms. The van der Waals surface area contributed by atoms with Crippen LogP contribution < -0.4 is 10.5 Å². The Morgan fingerprint density at radius 1 is 1.53 bits per heavy atom. The minimum absolute atomic E-state index is 0.0511. The van der Waals surface area contributed by atoms with Gasteiger partial charge in [-0.3, -0.25) is 4.79 Å². The lowest BCUT2D eigenvalue weighted by atomic mass is 9.99. The molecule has 94 valence electrons. The van der Waals surface area contributed by atoms with E-state index in [0.717, 1.165) is 5.56 Å². The Morgan fingerprint density at radius 3 is 2.76 bits per heavy atom. The molecule has 0 bridgehead atoms. The fraction of sp³-hybridized carbons (Fsp3) is 0.417. The molecule has 1 rings (SSSR count). The first kappa shape index (κ1) is 13.3. The normalized spacial score (nSPS) is 12.1. The maximum atomic E-state index is 10.9. The number of carbonyl (C=O) groups is 1. The average Bonchev–Trinajstić information content (AvgIpc) is 2.30. The Balaban J connectivity index is 2.84. The van der Waals surface area contributed by atoms with Crippen molar-refractivity contribution in [3.8, 4) is 11.5 Å². The lowest BCUT2D eigenvalue weighted by molar-refractivity contribution is -0.141. The molecule has 5 heteroatoms. The van der Waals surface area contributed by atoms with Crippen molar-refractivity contribution in [2.75, 3.05) is 13.2 Å². The summed E-state index contributed by atoms with van der Waals surface area (Å²) in [6.07, 6.45) is 0.326. The molecule has 0 amide bonds. The molecule has 0 fully saturated rings. The standard InChI is InChI=1S/C12H17NO4/c1-2-17-11-6-8(3-4-10(11)14)5-9(7-13)12(15)16/h3-4,6,9,14H,2,5,7,13H2,1H3,(H,15,16). The minimum Gasteiger partial charge on any atom is -0.504 e. The second-order valence-corrected chi connectivity index (χ2v) is 3.71. The van der Waals surface area contributed by atoms with Crippen molar-refractivity contribution in [1.29, 1.82) is 0 Å². The number of phenols is 1. The first-order valence-electron chi connectivity index (χ1n) is 5.46. The monoisotopic (exact) mass is 239 g/mol. The van der Waals surface area contributed by atoms with Crippen LogP contribution in [0, 0.1) is 5.92 Å². The van der Waals surface area contributed by atoms with Crippen molar-refractivity contribution >= 4 is 5.97 Å². The predicted molar refractivity (Wildman–Crippen MR) is 63.2 cm³/mol. The number of carboxylic acid groups (broad SMARTS) is 1. The van der Waals surface area contributed by atoms with E-state index in [2.05, 4.69) is 0 Å². The number of benzene rings is 1. The maximum absolute atomic E-state index is 10.9. The molecular weight excluding hydrogens is 222 g/mol. The zero-order chi connectivity index (χ0) is 12.8. The number of ether oxygens (including phenoxy) is 1. The van der Waals surface area contributed by atoms with Crippen LogP contribution in [0.15, 0.2) is 18.2 Å². The van der Waals surface area contributed by atoms with Gasteiger partial charge < -0.3 is 20.7 Å². The second kappa shape index (κ2) is 6.10. The van der Waals surface area contributed by atoms with Crippen LogP contribution >= 0.6 is 0 Å². The van der Waals surface area contributed by atoms with E-state index in [-0.39, 0.29) is 12.3 Å². The van der Waals surface area contributed by atoms with Crippen molar-refractivity contribution in [3.63, 3.8) is 0 Å². The number of rotatable bonds is 6. The smallest absolute Gasteiger partial charge is 0.308 e. The van der Waals surface area contributed by atoms with E-state index in [0.29, 0.717) is 18.8 Å². The number of aromatic hydroxyl groups is 1. The van der Waals surface area contributed by atoms with Gasteiger partial charge in [0.2, 0.25) is 0 Å². The summed E-state index contributed by atoms with van der Waals surface area (Å²) in [6, 6.07) is 4.81. The van der Waals surface area contributed by atoms with Gasteiger partial charge in [-0.15, -0.1) is 0 Å². The zero-order valence-corrected chi connectivity index (χ0v) is 9.72. The Morgan fingerprint density at radius 2 is 2.24 bits per heavy atom. The molecule has 0 heterocycles. The van der Waals surface area contributed by atoms with Crippen molar-refractivity contribution in [3.05, 3.63) is 23.8 Å². The summed E-state index contributed by atoms with van der Waals surface area (Å²) in [5.74, 6) is -1.12. The Bertz CT molecular complexity index is 392. The highest BCUT2D eigenvalue weighted by Gasteiger charge is 2.16. The quantitative estimate of drug-likeness (QED) is 0.688. The molecule has 5 nitrogen and oxygen atoms in total. The summed E-state index contributed by atoms with van der Waals surface area (Å²) in [5, 5.41) is 18.4. The van der Waals surface area contributed by atoms with Crippen molar-refractivity contribution in [1.82, 2.24) is 0 Å². The predicted octanol–water partition coefficient (Wildman–Crippen LogP) is 0.993. The van der Waals surface area contributed by atoms with Crippen molar-refractivity contribution in [2.24, 2.45) is 11.7 Å². The number of aliphatic carboxylic acids is 1. The van der Waals surface area contributed by atoms with Crippen molar-refractivity contribution in [2.45, 2.75) is 13.3 Å². The third-order valence-corrected chi connectivity index (χ3v) is 2.44. The van der Waals surface area contributed by atoms with Gasteiger partial charge in [0.05, 0.1) is 12.5 Å². The van der Waals surface area contributed by atoms with Gasteiger partial charge in [-0.25, -0.2) is 0 Å². The molecule has 0 aliphatic carbocycles. The third-order valence-electron chi connectivity index (χ3n) is 2.44. The summed E-state index contributed by atoms with van der Waals surface area (Å²) in [5.41, 5.74) is 6.17. The summed E-state index contributed by atoms with van der Waals surface area (Å²) in [4.78, 5) is 10.9. The van der Waals surface area contributed by atoms with E-state index < -0.39 is 11.9 Å². The van der Waals surface area contributed by atoms with Gasteiger partial charge in [-0.2, -0.15) is 0 Å². The van der Waals surface area contributed by atoms with E-state index >= 15 is 0 Å². The van der Waals surface area contributed by atoms with Crippen LogP contribution in [-0.4, -0.2) is 29.3 Å². The summed E-state index contributed by atoms with van der Waals surface area (Å²) >= 11 is 0. The Kier molecular flexibility index (Phi) is 4.78.